The largest absolute Gasteiger partial charge is 0.494 e. The van der Waals surface area contributed by atoms with Gasteiger partial charge in [0.15, 0.2) is 14.8 Å². The summed E-state index contributed by atoms with van der Waals surface area (Å²) in [5.41, 5.74) is 2.92. The van der Waals surface area contributed by atoms with Gasteiger partial charge < -0.3 is 4.74 Å². The van der Waals surface area contributed by atoms with Gasteiger partial charge in [0.25, 0.3) is 5.56 Å². The van der Waals surface area contributed by atoms with Gasteiger partial charge in [-0.15, -0.1) is 0 Å². The maximum absolute atomic E-state index is 13.4. The van der Waals surface area contributed by atoms with Gasteiger partial charge in [-0.05, 0) is 80.3 Å². The first kappa shape index (κ1) is 21.1. The fourth-order valence-electron chi connectivity index (χ4n) is 3.15. The van der Waals surface area contributed by atoms with Crippen LogP contribution in [0, 0.1) is 10.9 Å². The predicted octanol–water partition coefficient (Wildman–Crippen LogP) is 6.05. The molecule has 0 atom stereocenters. The molecular weight excluding hydrogens is 458 g/mol. The summed E-state index contributed by atoms with van der Waals surface area (Å²) < 4.78 is 10.0. The Hall–Kier alpha value is -2.13. The molecule has 0 amide bonds. The van der Waals surface area contributed by atoms with Crippen LogP contribution < -0.4 is 10.3 Å². The number of aryl methyl sites for hydroxylation is 1. The van der Waals surface area contributed by atoms with Crippen molar-refractivity contribution < 1.29 is 4.74 Å². The maximum atomic E-state index is 13.4. The van der Waals surface area contributed by atoms with Crippen LogP contribution in [0.5, 0.6) is 5.75 Å². The predicted molar refractivity (Wildman–Crippen MR) is 128 cm³/mol. The second kappa shape index (κ2) is 8.55. The van der Waals surface area contributed by atoms with Crippen molar-refractivity contribution in [3.8, 4) is 17.1 Å². The van der Waals surface area contributed by atoms with Gasteiger partial charge in [0.2, 0.25) is 0 Å². The zero-order valence-electron chi connectivity index (χ0n) is 16.5. The molecule has 30 heavy (non-hydrogen) atoms. The molecule has 4 aromatic rings. The SMILES string of the molecule is CCOc1ccc(-n2c(SC)nc3c(sc(=S)n3-c3ccc(Cl)c(C)c3)c2=O)cc1. The molecule has 0 fully saturated rings. The van der Waals surface area contributed by atoms with E-state index in [-0.39, 0.29) is 5.56 Å². The highest BCUT2D eigenvalue weighted by Gasteiger charge is 2.18. The van der Waals surface area contributed by atoms with Crippen molar-refractivity contribution in [2.24, 2.45) is 0 Å². The molecule has 0 aliphatic heterocycles. The van der Waals surface area contributed by atoms with Gasteiger partial charge in [-0.1, -0.05) is 34.7 Å². The molecule has 0 saturated heterocycles. The molecule has 0 bridgehead atoms. The summed E-state index contributed by atoms with van der Waals surface area (Å²) in [7, 11) is 0. The zero-order chi connectivity index (χ0) is 21.4. The van der Waals surface area contributed by atoms with E-state index < -0.39 is 0 Å². The van der Waals surface area contributed by atoms with Crippen molar-refractivity contribution in [2.75, 3.05) is 12.9 Å². The Morgan fingerprint density at radius 2 is 1.87 bits per heavy atom. The van der Waals surface area contributed by atoms with E-state index >= 15 is 0 Å². The van der Waals surface area contributed by atoms with Gasteiger partial charge >= 0.3 is 0 Å². The first-order valence-corrected chi connectivity index (χ1v) is 12.0. The maximum Gasteiger partial charge on any atom is 0.278 e. The first-order valence-electron chi connectivity index (χ1n) is 9.17. The molecule has 4 rings (SSSR count). The lowest BCUT2D eigenvalue weighted by Crippen LogP contribution is -2.21. The molecule has 2 aromatic carbocycles. The van der Waals surface area contributed by atoms with Crippen LogP contribution in [-0.4, -0.2) is 27.0 Å². The highest BCUT2D eigenvalue weighted by molar-refractivity contribution is 7.98. The molecule has 154 valence electrons. The van der Waals surface area contributed by atoms with Crippen LogP contribution in [0.4, 0.5) is 0 Å². The van der Waals surface area contributed by atoms with E-state index in [4.69, 9.17) is 33.5 Å². The Labute approximate surface area is 191 Å². The van der Waals surface area contributed by atoms with Crippen molar-refractivity contribution in [1.29, 1.82) is 0 Å². The average Bonchev–Trinajstić information content (AvgIpc) is 3.07. The first-order chi connectivity index (χ1) is 14.4. The molecule has 5 nitrogen and oxygen atoms in total. The number of halogens is 1. The molecule has 0 aliphatic carbocycles. The van der Waals surface area contributed by atoms with Crippen LogP contribution in [0.25, 0.3) is 21.7 Å². The van der Waals surface area contributed by atoms with E-state index in [9.17, 15) is 4.79 Å². The van der Waals surface area contributed by atoms with Crippen LogP contribution >= 0.6 is 46.9 Å². The van der Waals surface area contributed by atoms with Gasteiger partial charge in [-0.25, -0.2) is 4.98 Å². The van der Waals surface area contributed by atoms with Crippen LogP contribution in [0.1, 0.15) is 12.5 Å². The molecule has 0 spiro atoms. The molecule has 2 heterocycles. The topological polar surface area (TPSA) is 49.0 Å². The number of thioether (sulfide) groups is 1. The Kier molecular flexibility index (Phi) is 6.02. The van der Waals surface area contributed by atoms with E-state index in [2.05, 4.69) is 0 Å². The number of ether oxygens (including phenoxy) is 1. The van der Waals surface area contributed by atoms with Crippen molar-refractivity contribution in [3.05, 3.63) is 67.4 Å². The molecule has 2 aromatic heterocycles. The number of rotatable bonds is 5. The number of hydrogen-bond donors (Lipinski definition) is 0. The van der Waals surface area contributed by atoms with Crippen molar-refractivity contribution in [2.45, 2.75) is 19.0 Å². The van der Waals surface area contributed by atoms with Crippen LogP contribution in [0.15, 0.2) is 52.4 Å². The van der Waals surface area contributed by atoms with Gasteiger partial charge in [0, 0.05) is 10.7 Å². The summed E-state index contributed by atoms with van der Waals surface area (Å²) in [6, 6.07) is 13.1. The lowest BCUT2D eigenvalue weighted by Gasteiger charge is -2.12. The zero-order valence-corrected chi connectivity index (χ0v) is 19.7. The summed E-state index contributed by atoms with van der Waals surface area (Å²) in [5.74, 6) is 0.758. The van der Waals surface area contributed by atoms with E-state index in [0.717, 1.165) is 22.7 Å². The molecule has 0 radical (unpaired) electrons. The fourth-order valence-corrected chi connectivity index (χ4v) is 5.13. The minimum absolute atomic E-state index is 0.144. The normalized spacial score (nSPS) is 11.2. The van der Waals surface area contributed by atoms with E-state index in [1.165, 1.54) is 23.1 Å². The molecule has 0 unspecified atom stereocenters. The third-order valence-electron chi connectivity index (χ3n) is 4.57. The Bertz CT molecular complexity index is 1360. The van der Waals surface area contributed by atoms with E-state index in [0.29, 0.717) is 31.1 Å². The summed E-state index contributed by atoms with van der Waals surface area (Å²) in [5, 5.41) is 1.27. The Morgan fingerprint density at radius 3 is 2.50 bits per heavy atom. The molecule has 0 aliphatic rings. The standard InChI is InChI=1S/C21H18ClN3O2S3/c1-4-27-15-8-5-13(6-9-15)25-19(26)17-18(23-20(25)29-3)24(21(28)30-17)14-7-10-16(22)12(2)11-14/h5-11H,4H2,1-3H3. The minimum Gasteiger partial charge on any atom is -0.494 e. The number of benzene rings is 2. The van der Waals surface area contributed by atoms with E-state index in [1.54, 1.807) is 4.57 Å². The smallest absolute Gasteiger partial charge is 0.278 e. The van der Waals surface area contributed by atoms with Crippen LogP contribution in [0.2, 0.25) is 5.02 Å². The number of aromatic nitrogens is 3. The summed E-state index contributed by atoms with van der Waals surface area (Å²) in [6.07, 6.45) is 1.90. The van der Waals surface area contributed by atoms with Gasteiger partial charge in [0.1, 0.15) is 10.4 Å². The third kappa shape index (κ3) is 3.69. The number of thiazole rings is 1. The van der Waals surface area contributed by atoms with Crippen molar-refractivity contribution >= 4 is 57.3 Å². The molecular formula is C21H18ClN3O2S3. The fraction of sp³-hybridized carbons (Fsp3) is 0.190. The monoisotopic (exact) mass is 475 g/mol. The van der Waals surface area contributed by atoms with Crippen LogP contribution in [0.3, 0.4) is 0 Å². The molecule has 0 saturated carbocycles. The molecule has 9 heteroatoms. The van der Waals surface area contributed by atoms with Gasteiger partial charge in [-0.3, -0.25) is 13.9 Å². The summed E-state index contributed by atoms with van der Waals surface area (Å²) in [4.78, 5) is 18.3. The number of fused-ring (bicyclic) bond motifs is 1. The number of nitrogens with zero attached hydrogens (tertiary/aromatic N) is 3. The highest BCUT2D eigenvalue weighted by Crippen LogP contribution is 2.28. The molecule has 0 N–H and O–H groups in total. The summed E-state index contributed by atoms with van der Waals surface area (Å²) >= 11 is 14.4. The summed E-state index contributed by atoms with van der Waals surface area (Å²) in [6.45, 7) is 4.45. The minimum atomic E-state index is -0.144. The second-order valence-electron chi connectivity index (χ2n) is 6.46. The average molecular weight is 476 g/mol. The third-order valence-corrected chi connectivity index (χ3v) is 6.98. The van der Waals surface area contributed by atoms with Gasteiger partial charge in [-0.2, -0.15) is 0 Å². The lowest BCUT2D eigenvalue weighted by atomic mass is 10.2. The van der Waals surface area contributed by atoms with E-state index in [1.807, 2.05) is 67.1 Å². The second-order valence-corrected chi connectivity index (χ2v) is 9.28. The van der Waals surface area contributed by atoms with Crippen LogP contribution in [-0.2, 0) is 0 Å². The Balaban J connectivity index is 1.95. The quantitative estimate of drug-likeness (QED) is 0.200. The number of hydrogen-bond acceptors (Lipinski definition) is 6. The lowest BCUT2D eigenvalue weighted by molar-refractivity contribution is 0.340. The van der Waals surface area contributed by atoms with Crippen molar-refractivity contribution in [3.63, 3.8) is 0 Å². The Morgan fingerprint density at radius 1 is 1.17 bits per heavy atom. The van der Waals surface area contributed by atoms with Crippen molar-refractivity contribution in [1.82, 2.24) is 14.1 Å². The van der Waals surface area contributed by atoms with Gasteiger partial charge in [0.05, 0.1) is 12.3 Å². The highest BCUT2D eigenvalue weighted by atomic mass is 35.5.